The van der Waals surface area contributed by atoms with E-state index in [4.69, 9.17) is 5.73 Å². The van der Waals surface area contributed by atoms with Gasteiger partial charge in [0.1, 0.15) is 0 Å². The van der Waals surface area contributed by atoms with E-state index in [9.17, 15) is 4.79 Å². The molecule has 0 unspecified atom stereocenters. The smallest absolute Gasteiger partial charge is 0.309 e. The third kappa shape index (κ3) is 3.12. The van der Waals surface area contributed by atoms with Crippen LogP contribution in [0.5, 0.6) is 0 Å². The zero-order valence-corrected chi connectivity index (χ0v) is 9.91. The second kappa shape index (κ2) is 5.35. The predicted octanol–water partition coefficient (Wildman–Crippen LogP) is 2.46. The van der Waals surface area contributed by atoms with Gasteiger partial charge in [0, 0.05) is 5.69 Å². The minimum absolute atomic E-state index is 0.251. The van der Waals surface area contributed by atoms with Crippen LogP contribution in [0.3, 0.4) is 0 Å². The molecule has 0 aliphatic carbocycles. The number of benzene rings is 1. The summed E-state index contributed by atoms with van der Waals surface area (Å²) in [5.74, 6) is -0.251. The molecule has 0 fully saturated rings. The molecule has 0 saturated heterocycles. The van der Waals surface area contributed by atoms with Crippen molar-refractivity contribution in [2.24, 2.45) is 0 Å². The molecule has 0 aliphatic rings. The highest BCUT2D eigenvalue weighted by atomic mass is 16.5. The summed E-state index contributed by atoms with van der Waals surface area (Å²) in [5.41, 5.74) is 9.85. The largest absolute Gasteiger partial charge is 0.469 e. The Morgan fingerprint density at radius 1 is 1.44 bits per heavy atom. The van der Waals surface area contributed by atoms with Crippen LogP contribution in [-0.2, 0) is 9.53 Å². The van der Waals surface area contributed by atoms with Crippen molar-refractivity contribution in [3.63, 3.8) is 0 Å². The Kier molecular flexibility index (Phi) is 4.11. The van der Waals surface area contributed by atoms with Crippen LogP contribution in [0.1, 0.15) is 23.1 Å². The number of hydrogen-bond acceptors (Lipinski definition) is 3. The van der Waals surface area contributed by atoms with Crippen molar-refractivity contribution in [1.82, 2.24) is 0 Å². The van der Waals surface area contributed by atoms with Gasteiger partial charge in [0.15, 0.2) is 0 Å². The highest BCUT2D eigenvalue weighted by molar-refractivity contribution is 5.74. The van der Waals surface area contributed by atoms with Crippen molar-refractivity contribution in [1.29, 1.82) is 0 Å². The average Bonchev–Trinajstić information content (AvgIpc) is 2.24. The molecule has 0 spiro atoms. The maximum absolute atomic E-state index is 10.9. The lowest BCUT2D eigenvalue weighted by Crippen LogP contribution is -1.97. The first-order chi connectivity index (χ1) is 7.54. The molecule has 2 N–H and O–H groups in total. The van der Waals surface area contributed by atoms with Gasteiger partial charge in [-0.25, -0.2) is 0 Å². The number of aryl methyl sites for hydroxylation is 2. The van der Waals surface area contributed by atoms with E-state index in [1.165, 1.54) is 7.11 Å². The van der Waals surface area contributed by atoms with Crippen molar-refractivity contribution in [3.05, 3.63) is 34.9 Å². The molecule has 0 saturated carbocycles. The first kappa shape index (κ1) is 12.3. The van der Waals surface area contributed by atoms with Crippen LogP contribution in [0.2, 0.25) is 0 Å². The number of methoxy groups -OCH3 is 1. The zero-order valence-electron chi connectivity index (χ0n) is 9.91. The lowest BCUT2D eigenvalue weighted by atomic mass is 10.0. The molecule has 86 valence electrons. The topological polar surface area (TPSA) is 52.3 Å². The quantitative estimate of drug-likeness (QED) is 0.627. The van der Waals surface area contributed by atoms with Crippen molar-refractivity contribution < 1.29 is 9.53 Å². The van der Waals surface area contributed by atoms with E-state index in [-0.39, 0.29) is 12.4 Å². The molecular weight excluding hydrogens is 202 g/mol. The number of esters is 1. The van der Waals surface area contributed by atoms with Crippen molar-refractivity contribution in [3.8, 4) is 0 Å². The summed E-state index contributed by atoms with van der Waals surface area (Å²) in [5, 5.41) is 0. The van der Waals surface area contributed by atoms with E-state index in [0.717, 1.165) is 22.4 Å². The Morgan fingerprint density at radius 3 is 2.75 bits per heavy atom. The monoisotopic (exact) mass is 219 g/mol. The lowest BCUT2D eigenvalue weighted by molar-refractivity contribution is -0.139. The third-order valence-corrected chi connectivity index (χ3v) is 2.37. The van der Waals surface area contributed by atoms with Crippen LogP contribution in [0.15, 0.2) is 18.2 Å². The second-order valence-corrected chi connectivity index (χ2v) is 3.77. The number of ether oxygens (including phenoxy) is 1. The molecule has 16 heavy (non-hydrogen) atoms. The normalized spacial score (nSPS) is 10.7. The molecule has 0 aliphatic heterocycles. The number of carbonyl (C=O) groups excluding carboxylic acids is 1. The number of carbonyl (C=O) groups is 1. The molecule has 1 aromatic rings. The van der Waals surface area contributed by atoms with E-state index in [0.29, 0.717) is 0 Å². The average molecular weight is 219 g/mol. The molecule has 0 atom stereocenters. The highest BCUT2D eigenvalue weighted by Gasteiger charge is 2.01. The molecular formula is C13H17NO2. The van der Waals surface area contributed by atoms with Gasteiger partial charge in [-0.2, -0.15) is 0 Å². The molecule has 1 aromatic carbocycles. The first-order valence-electron chi connectivity index (χ1n) is 5.14. The van der Waals surface area contributed by atoms with Crippen LogP contribution in [0.25, 0.3) is 6.08 Å². The number of nitrogen functional groups attached to an aromatic ring is 1. The van der Waals surface area contributed by atoms with E-state index in [1.807, 2.05) is 32.1 Å². The Hall–Kier alpha value is -1.77. The van der Waals surface area contributed by atoms with Crippen LogP contribution in [0, 0.1) is 13.8 Å². The molecule has 3 nitrogen and oxygen atoms in total. The first-order valence-corrected chi connectivity index (χ1v) is 5.14. The van der Waals surface area contributed by atoms with Gasteiger partial charge in [0.05, 0.1) is 13.5 Å². The Labute approximate surface area is 95.9 Å². The fourth-order valence-electron chi connectivity index (χ4n) is 1.51. The fraction of sp³-hybridized carbons (Fsp3) is 0.308. The Morgan fingerprint density at radius 2 is 2.12 bits per heavy atom. The standard InChI is InChI=1S/C13H17NO2/c1-9-7-10(2)13(14)11(8-9)5-4-6-12(15)16-3/h4-5,7-8H,6,14H2,1-3H3. The lowest BCUT2D eigenvalue weighted by Gasteiger charge is -2.06. The summed E-state index contributed by atoms with van der Waals surface area (Å²) in [4.78, 5) is 10.9. The number of anilines is 1. The van der Waals surface area contributed by atoms with Crippen LogP contribution in [0.4, 0.5) is 5.69 Å². The summed E-state index contributed by atoms with van der Waals surface area (Å²) in [6.45, 7) is 3.99. The Balaban J connectivity index is 2.85. The molecule has 0 radical (unpaired) electrons. The highest BCUT2D eigenvalue weighted by Crippen LogP contribution is 2.20. The second-order valence-electron chi connectivity index (χ2n) is 3.77. The van der Waals surface area contributed by atoms with Crippen molar-refractivity contribution in [2.45, 2.75) is 20.3 Å². The summed E-state index contributed by atoms with van der Waals surface area (Å²) in [7, 11) is 1.38. The SMILES string of the molecule is COC(=O)CC=Cc1cc(C)cc(C)c1N. The number of rotatable bonds is 3. The molecule has 0 bridgehead atoms. The molecule has 0 heterocycles. The molecule has 3 heteroatoms. The number of hydrogen-bond donors (Lipinski definition) is 1. The minimum atomic E-state index is -0.251. The fourth-order valence-corrected chi connectivity index (χ4v) is 1.51. The molecule has 0 amide bonds. The van der Waals surface area contributed by atoms with E-state index in [2.05, 4.69) is 4.74 Å². The zero-order chi connectivity index (χ0) is 12.1. The summed E-state index contributed by atoms with van der Waals surface area (Å²) in [6, 6.07) is 4.03. The van der Waals surface area contributed by atoms with Crippen LogP contribution >= 0.6 is 0 Å². The van der Waals surface area contributed by atoms with Crippen molar-refractivity contribution in [2.75, 3.05) is 12.8 Å². The summed E-state index contributed by atoms with van der Waals surface area (Å²) in [6.07, 6.45) is 3.88. The van der Waals surface area contributed by atoms with Gasteiger partial charge in [0.25, 0.3) is 0 Å². The number of nitrogens with two attached hydrogens (primary N) is 1. The van der Waals surface area contributed by atoms with Gasteiger partial charge in [-0.15, -0.1) is 0 Å². The van der Waals surface area contributed by atoms with E-state index >= 15 is 0 Å². The van der Waals surface area contributed by atoms with Gasteiger partial charge in [-0.1, -0.05) is 23.8 Å². The van der Waals surface area contributed by atoms with E-state index in [1.54, 1.807) is 6.08 Å². The van der Waals surface area contributed by atoms with Gasteiger partial charge < -0.3 is 10.5 Å². The Bertz CT molecular complexity index is 422. The van der Waals surface area contributed by atoms with E-state index < -0.39 is 0 Å². The third-order valence-electron chi connectivity index (χ3n) is 2.37. The van der Waals surface area contributed by atoms with Gasteiger partial charge in [-0.05, 0) is 31.0 Å². The summed E-state index contributed by atoms with van der Waals surface area (Å²) >= 11 is 0. The van der Waals surface area contributed by atoms with Crippen LogP contribution in [-0.4, -0.2) is 13.1 Å². The van der Waals surface area contributed by atoms with Gasteiger partial charge in [0.2, 0.25) is 0 Å². The minimum Gasteiger partial charge on any atom is -0.469 e. The predicted molar refractivity (Wildman–Crippen MR) is 66.0 cm³/mol. The molecule has 0 aromatic heterocycles. The van der Waals surface area contributed by atoms with Gasteiger partial charge in [-0.3, -0.25) is 4.79 Å². The van der Waals surface area contributed by atoms with Gasteiger partial charge >= 0.3 is 5.97 Å². The molecule has 1 rings (SSSR count). The van der Waals surface area contributed by atoms with Crippen LogP contribution < -0.4 is 5.73 Å². The maximum Gasteiger partial charge on any atom is 0.309 e. The summed E-state index contributed by atoms with van der Waals surface area (Å²) < 4.78 is 4.54. The maximum atomic E-state index is 10.9. The van der Waals surface area contributed by atoms with Crippen molar-refractivity contribution >= 4 is 17.7 Å².